The monoisotopic (exact) mass is 225 g/mol. The maximum atomic E-state index is 8.31. The van der Waals surface area contributed by atoms with Crippen LogP contribution in [-0.2, 0) is 9.47 Å². The van der Waals surface area contributed by atoms with E-state index in [0.29, 0.717) is 19.8 Å². The topological polar surface area (TPSA) is 67.2 Å². The van der Waals surface area contributed by atoms with E-state index in [1.807, 2.05) is 0 Å². The maximum Gasteiger partial charge on any atom is 0.0919 e. The van der Waals surface area contributed by atoms with Gasteiger partial charge in [0.25, 0.3) is 0 Å². The van der Waals surface area contributed by atoms with E-state index in [9.17, 15) is 0 Å². The first-order valence-corrected chi connectivity index (χ1v) is 6.11. The molecule has 1 saturated heterocycles. The predicted octanol–water partition coefficient (Wildman–Crippen LogP) is 2.81. The van der Waals surface area contributed by atoms with E-state index in [1.54, 1.807) is 0 Å². The summed E-state index contributed by atoms with van der Waals surface area (Å²) in [6, 6.07) is 0. The van der Waals surface area contributed by atoms with Crippen LogP contribution in [0.2, 0.25) is 0 Å². The van der Waals surface area contributed by atoms with E-state index in [-0.39, 0.29) is 11.7 Å². The van der Waals surface area contributed by atoms with Crippen molar-refractivity contribution in [2.24, 2.45) is 5.11 Å². The predicted molar refractivity (Wildman–Crippen MR) is 60.1 cm³/mol. The van der Waals surface area contributed by atoms with Gasteiger partial charge in [0.1, 0.15) is 0 Å². The summed E-state index contributed by atoms with van der Waals surface area (Å²) in [6.45, 7) is 1.65. The van der Waals surface area contributed by atoms with Crippen molar-refractivity contribution in [2.45, 2.75) is 50.2 Å². The van der Waals surface area contributed by atoms with Gasteiger partial charge >= 0.3 is 0 Å². The Kier molecular flexibility index (Phi) is 4.04. The lowest BCUT2D eigenvalue weighted by atomic mass is 9.94. The summed E-state index contributed by atoms with van der Waals surface area (Å²) in [6.07, 6.45) is 7.15. The summed E-state index contributed by atoms with van der Waals surface area (Å²) in [5, 5.41) is 3.57. The van der Waals surface area contributed by atoms with Crippen LogP contribution in [-0.4, -0.2) is 31.5 Å². The van der Waals surface area contributed by atoms with Gasteiger partial charge in [-0.15, -0.1) is 0 Å². The average Bonchev–Trinajstić information content (AvgIpc) is 2.53. The molecule has 1 aliphatic carbocycles. The molecule has 1 aliphatic heterocycles. The van der Waals surface area contributed by atoms with Gasteiger partial charge in [0.15, 0.2) is 0 Å². The first-order valence-electron chi connectivity index (χ1n) is 6.11. The van der Waals surface area contributed by atoms with Crippen molar-refractivity contribution < 1.29 is 9.47 Å². The molecule has 2 aliphatic rings. The molecule has 0 radical (unpaired) electrons. The zero-order valence-electron chi connectivity index (χ0n) is 9.60. The Morgan fingerprint density at radius 2 is 2.00 bits per heavy atom. The van der Waals surface area contributed by atoms with Gasteiger partial charge in [-0.3, -0.25) is 0 Å². The van der Waals surface area contributed by atoms with Crippen LogP contribution in [0.15, 0.2) is 5.11 Å². The molecule has 1 unspecified atom stereocenters. The van der Waals surface area contributed by atoms with Crippen molar-refractivity contribution in [2.75, 3.05) is 19.8 Å². The fourth-order valence-corrected chi connectivity index (χ4v) is 2.65. The van der Waals surface area contributed by atoms with Crippen LogP contribution in [0.5, 0.6) is 0 Å². The molecule has 0 amide bonds. The van der Waals surface area contributed by atoms with Crippen LogP contribution in [0, 0.1) is 0 Å². The Bertz CT molecular complexity index is 268. The molecule has 0 aromatic carbocycles. The molecule has 5 nitrogen and oxygen atoms in total. The minimum absolute atomic E-state index is 0.0530. The van der Waals surface area contributed by atoms with Gasteiger partial charge in [-0.05, 0) is 18.4 Å². The third-order valence-corrected chi connectivity index (χ3v) is 3.45. The molecule has 0 aromatic heterocycles. The van der Waals surface area contributed by atoms with Gasteiger partial charge in [0.05, 0.1) is 31.5 Å². The molecule has 0 bridgehead atoms. The lowest BCUT2D eigenvalue weighted by Gasteiger charge is -2.40. The van der Waals surface area contributed by atoms with Crippen molar-refractivity contribution in [1.82, 2.24) is 0 Å². The number of hydrogen-bond donors (Lipinski definition) is 0. The third-order valence-electron chi connectivity index (χ3n) is 3.45. The molecule has 90 valence electrons. The maximum absolute atomic E-state index is 8.31. The molecular formula is C11H19N3O2. The molecule has 2 rings (SSSR count). The lowest BCUT2D eigenvalue weighted by molar-refractivity contribution is -0.200. The number of rotatable bonds is 2. The van der Waals surface area contributed by atoms with Crippen LogP contribution in [0.25, 0.3) is 10.4 Å². The molecule has 1 saturated carbocycles. The summed E-state index contributed by atoms with van der Waals surface area (Å²) in [5.41, 5.74) is 8.21. The zero-order chi connectivity index (χ0) is 11.3. The quantitative estimate of drug-likeness (QED) is 0.412. The first-order chi connectivity index (χ1) is 7.85. The molecule has 1 heterocycles. The standard InChI is InChI=1S/C11H19N3O2/c12-14-13-7-10-8-15-9-11(16-10)5-3-1-2-4-6-11/h10H,1-9H2. The summed E-state index contributed by atoms with van der Waals surface area (Å²) in [5.74, 6) is 0. The number of ether oxygens (including phenoxy) is 2. The van der Waals surface area contributed by atoms with Crippen LogP contribution < -0.4 is 0 Å². The van der Waals surface area contributed by atoms with E-state index < -0.39 is 0 Å². The highest BCUT2D eigenvalue weighted by molar-refractivity contribution is 4.87. The normalized spacial score (nSPS) is 29.4. The van der Waals surface area contributed by atoms with E-state index in [4.69, 9.17) is 15.0 Å². The first kappa shape index (κ1) is 11.7. The number of hydrogen-bond acceptors (Lipinski definition) is 3. The highest BCUT2D eigenvalue weighted by Crippen LogP contribution is 2.34. The van der Waals surface area contributed by atoms with Crippen LogP contribution >= 0.6 is 0 Å². The van der Waals surface area contributed by atoms with Gasteiger partial charge in [-0.25, -0.2) is 0 Å². The van der Waals surface area contributed by atoms with Crippen molar-refractivity contribution in [1.29, 1.82) is 0 Å². The van der Waals surface area contributed by atoms with Gasteiger partial charge in [0, 0.05) is 4.91 Å². The smallest absolute Gasteiger partial charge is 0.0919 e. The summed E-state index contributed by atoms with van der Waals surface area (Å²) < 4.78 is 11.7. The van der Waals surface area contributed by atoms with Gasteiger partial charge in [-0.2, -0.15) is 0 Å². The minimum Gasteiger partial charge on any atom is -0.376 e. The fraction of sp³-hybridized carbons (Fsp3) is 1.00. The Labute approximate surface area is 95.7 Å². The minimum atomic E-state index is -0.0929. The molecule has 2 fully saturated rings. The van der Waals surface area contributed by atoms with Crippen molar-refractivity contribution in [3.8, 4) is 0 Å². The van der Waals surface area contributed by atoms with E-state index in [0.717, 1.165) is 12.8 Å². The SMILES string of the molecule is [N-]=[N+]=NCC1COCC2(CCCCCC2)O1. The van der Waals surface area contributed by atoms with Gasteiger partial charge in [-0.1, -0.05) is 30.8 Å². The second-order valence-corrected chi connectivity index (χ2v) is 4.77. The molecular weight excluding hydrogens is 206 g/mol. The molecule has 16 heavy (non-hydrogen) atoms. The molecule has 1 spiro atoms. The molecule has 5 heteroatoms. The van der Waals surface area contributed by atoms with E-state index in [2.05, 4.69) is 10.0 Å². The zero-order valence-corrected chi connectivity index (χ0v) is 9.60. The lowest BCUT2D eigenvalue weighted by Crippen LogP contribution is -2.48. The largest absolute Gasteiger partial charge is 0.376 e. The second kappa shape index (κ2) is 5.53. The highest BCUT2D eigenvalue weighted by Gasteiger charge is 2.37. The van der Waals surface area contributed by atoms with Crippen molar-refractivity contribution in [3.63, 3.8) is 0 Å². The van der Waals surface area contributed by atoms with Crippen LogP contribution in [0.3, 0.4) is 0 Å². The Balaban J connectivity index is 1.95. The summed E-state index contributed by atoms with van der Waals surface area (Å²) in [4.78, 5) is 2.77. The Hall–Kier alpha value is -0.770. The number of azide groups is 1. The van der Waals surface area contributed by atoms with E-state index in [1.165, 1.54) is 25.7 Å². The molecule has 0 aromatic rings. The third kappa shape index (κ3) is 2.88. The van der Waals surface area contributed by atoms with Gasteiger partial charge < -0.3 is 9.47 Å². The Morgan fingerprint density at radius 3 is 2.69 bits per heavy atom. The Morgan fingerprint density at radius 1 is 1.25 bits per heavy atom. The van der Waals surface area contributed by atoms with E-state index >= 15 is 0 Å². The van der Waals surface area contributed by atoms with Crippen LogP contribution in [0.4, 0.5) is 0 Å². The second-order valence-electron chi connectivity index (χ2n) is 4.77. The molecule has 0 N–H and O–H groups in total. The van der Waals surface area contributed by atoms with Crippen molar-refractivity contribution in [3.05, 3.63) is 10.4 Å². The highest BCUT2D eigenvalue weighted by atomic mass is 16.6. The van der Waals surface area contributed by atoms with Crippen LogP contribution in [0.1, 0.15) is 38.5 Å². The number of nitrogens with zero attached hydrogens (tertiary/aromatic N) is 3. The summed E-state index contributed by atoms with van der Waals surface area (Å²) >= 11 is 0. The fourth-order valence-electron chi connectivity index (χ4n) is 2.65. The average molecular weight is 225 g/mol. The summed E-state index contributed by atoms with van der Waals surface area (Å²) in [7, 11) is 0. The van der Waals surface area contributed by atoms with Crippen molar-refractivity contribution >= 4 is 0 Å². The molecule has 1 atom stereocenters. The van der Waals surface area contributed by atoms with Gasteiger partial charge in [0.2, 0.25) is 0 Å².